The molecular formula is C12H21N3O3S. The molecule has 0 aliphatic carbocycles. The van der Waals surface area contributed by atoms with Crippen molar-refractivity contribution in [2.75, 3.05) is 13.2 Å². The zero-order valence-electron chi connectivity index (χ0n) is 11.4. The van der Waals surface area contributed by atoms with Crippen molar-refractivity contribution in [3.05, 3.63) is 11.4 Å². The van der Waals surface area contributed by atoms with Gasteiger partial charge in [-0.3, -0.25) is 5.10 Å². The van der Waals surface area contributed by atoms with E-state index in [0.717, 1.165) is 19.3 Å². The van der Waals surface area contributed by atoms with Crippen LogP contribution >= 0.6 is 0 Å². The van der Waals surface area contributed by atoms with Crippen LogP contribution < -0.4 is 0 Å². The highest BCUT2D eigenvalue weighted by Gasteiger charge is 2.35. The first kappa shape index (κ1) is 14.5. The minimum Gasteiger partial charge on any atom is -0.396 e. The molecule has 19 heavy (non-hydrogen) atoms. The fourth-order valence-electron chi connectivity index (χ4n) is 2.77. The number of sulfonamides is 1. The lowest BCUT2D eigenvalue weighted by Crippen LogP contribution is -2.44. The summed E-state index contributed by atoms with van der Waals surface area (Å²) in [4.78, 5) is 0.289. The highest BCUT2D eigenvalue weighted by atomic mass is 32.2. The first-order chi connectivity index (χ1) is 8.98. The predicted octanol–water partition coefficient (Wildman–Crippen LogP) is 0.952. The molecule has 1 aliphatic rings. The molecule has 0 amide bonds. The van der Waals surface area contributed by atoms with Crippen LogP contribution in [0, 0.1) is 13.8 Å². The predicted molar refractivity (Wildman–Crippen MR) is 71.3 cm³/mol. The normalized spacial score (nSPS) is 21.7. The molecule has 1 atom stereocenters. The van der Waals surface area contributed by atoms with Crippen LogP contribution in [0.25, 0.3) is 0 Å². The molecule has 1 aromatic heterocycles. The monoisotopic (exact) mass is 287 g/mol. The first-order valence-electron chi connectivity index (χ1n) is 6.62. The van der Waals surface area contributed by atoms with E-state index in [1.54, 1.807) is 13.8 Å². The number of hydrogen-bond acceptors (Lipinski definition) is 4. The van der Waals surface area contributed by atoms with Gasteiger partial charge in [-0.05, 0) is 33.1 Å². The molecule has 0 spiro atoms. The zero-order valence-corrected chi connectivity index (χ0v) is 12.2. The van der Waals surface area contributed by atoms with Crippen molar-refractivity contribution in [3.8, 4) is 0 Å². The molecule has 1 fully saturated rings. The van der Waals surface area contributed by atoms with Gasteiger partial charge >= 0.3 is 0 Å². The maximum absolute atomic E-state index is 12.8. The van der Waals surface area contributed by atoms with E-state index in [0.29, 0.717) is 24.4 Å². The maximum atomic E-state index is 12.8. The summed E-state index contributed by atoms with van der Waals surface area (Å²) in [6.45, 7) is 3.95. The number of aromatic amines is 1. The van der Waals surface area contributed by atoms with E-state index in [1.165, 1.54) is 4.31 Å². The number of aliphatic hydroxyl groups is 1. The van der Waals surface area contributed by atoms with E-state index in [2.05, 4.69) is 10.2 Å². The van der Waals surface area contributed by atoms with Crippen molar-refractivity contribution in [1.29, 1.82) is 0 Å². The number of piperidine rings is 1. The Morgan fingerprint density at radius 3 is 2.74 bits per heavy atom. The largest absolute Gasteiger partial charge is 0.396 e. The SMILES string of the molecule is Cc1n[nH]c(C)c1S(=O)(=O)N1CCCCC1CCO. The number of hydrogen-bond donors (Lipinski definition) is 2. The van der Waals surface area contributed by atoms with Crippen LogP contribution in [-0.2, 0) is 10.0 Å². The highest BCUT2D eigenvalue weighted by Crippen LogP contribution is 2.29. The van der Waals surface area contributed by atoms with Crippen molar-refractivity contribution in [3.63, 3.8) is 0 Å². The Bertz CT molecular complexity index is 517. The summed E-state index contributed by atoms with van der Waals surface area (Å²) >= 11 is 0. The number of nitrogens with one attached hydrogen (secondary N) is 1. The lowest BCUT2D eigenvalue weighted by atomic mass is 10.0. The van der Waals surface area contributed by atoms with E-state index in [9.17, 15) is 8.42 Å². The van der Waals surface area contributed by atoms with Crippen molar-refractivity contribution in [2.24, 2.45) is 0 Å². The number of nitrogens with zero attached hydrogens (tertiary/aromatic N) is 2. The van der Waals surface area contributed by atoms with Crippen molar-refractivity contribution < 1.29 is 13.5 Å². The molecule has 2 N–H and O–H groups in total. The Balaban J connectivity index is 2.37. The summed E-state index contributed by atoms with van der Waals surface area (Å²) in [5.74, 6) is 0. The summed E-state index contributed by atoms with van der Waals surface area (Å²) in [6.07, 6.45) is 3.20. The summed E-state index contributed by atoms with van der Waals surface area (Å²) < 4.78 is 27.1. The average Bonchev–Trinajstić information content (AvgIpc) is 2.70. The van der Waals surface area contributed by atoms with Gasteiger partial charge in [-0.2, -0.15) is 9.40 Å². The summed E-state index contributed by atoms with van der Waals surface area (Å²) in [5, 5.41) is 15.8. The van der Waals surface area contributed by atoms with Gasteiger partial charge in [0.25, 0.3) is 0 Å². The van der Waals surface area contributed by atoms with Gasteiger partial charge in [0.1, 0.15) is 4.90 Å². The highest BCUT2D eigenvalue weighted by molar-refractivity contribution is 7.89. The van der Waals surface area contributed by atoms with Crippen molar-refractivity contribution in [2.45, 2.75) is 50.5 Å². The minimum absolute atomic E-state index is 0.0139. The molecule has 108 valence electrons. The van der Waals surface area contributed by atoms with Crippen LogP contribution in [0.3, 0.4) is 0 Å². The molecule has 1 aromatic rings. The topological polar surface area (TPSA) is 86.3 Å². The van der Waals surface area contributed by atoms with Crippen LogP contribution in [0.4, 0.5) is 0 Å². The van der Waals surface area contributed by atoms with Crippen molar-refractivity contribution >= 4 is 10.0 Å². The van der Waals surface area contributed by atoms with Crippen LogP contribution in [0.15, 0.2) is 4.90 Å². The fraction of sp³-hybridized carbons (Fsp3) is 0.750. The first-order valence-corrected chi connectivity index (χ1v) is 8.06. The quantitative estimate of drug-likeness (QED) is 0.863. The van der Waals surface area contributed by atoms with Crippen LogP contribution in [-0.4, -0.2) is 47.2 Å². The second kappa shape index (κ2) is 5.60. The van der Waals surface area contributed by atoms with E-state index in [4.69, 9.17) is 5.11 Å². The Kier molecular flexibility index (Phi) is 4.27. The van der Waals surface area contributed by atoms with E-state index < -0.39 is 10.0 Å². The Hall–Kier alpha value is -0.920. The van der Waals surface area contributed by atoms with E-state index in [1.807, 2.05) is 0 Å². The molecule has 1 saturated heterocycles. The van der Waals surface area contributed by atoms with Gasteiger partial charge in [0.15, 0.2) is 0 Å². The van der Waals surface area contributed by atoms with Crippen LogP contribution in [0.2, 0.25) is 0 Å². The fourth-order valence-corrected chi connectivity index (χ4v) is 4.82. The molecule has 0 bridgehead atoms. The molecule has 0 saturated carbocycles. The van der Waals surface area contributed by atoms with Crippen LogP contribution in [0.5, 0.6) is 0 Å². The number of aliphatic hydroxyl groups excluding tert-OH is 1. The Morgan fingerprint density at radius 1 is 1.42 bits per heavy atom. The maximum Gasteiger partial charge on any atom is 0.246 e. The molecule has 2 heterocycles. The molecular weight excluding hydrogens is 266 g/mol. The number of aromatic nitrogens is 2. The molecule has 6 nitrogen and oxygen atoms in total. The number of rotatable bonds is 4. The molecule has 7 heteroatoms. The summed E-state index contributed by atoms with van der Waals surface area (Å²) in [6, 6.07) is -0.0996. The third-order valence-electron chi connectivity index (χ3n) is 3.66. The van der Waals surface area contributed by atoms with Gasteiger partial charge in [0.05, 0.1) is 11.4 Å². The Morgan fingerprint density at radius 2 is 2.16 bits per heavy atom. The third kappa shape index (κ3) is 2.68. The Labute approximate surface area is 113 Å². The lowest BCUT2D eigenvalue weighted by molar-refractivity contribution is 0.192. The average molecular weight is 287 g/mol. The lowest BCUT2D eigenvalue weighted by Gasteiger charge is -2.34. The molecule has 1 unspecified atom stereocenters. The standard InChI is InChI=1S/C12H21N3O3S/c1-9-12(10(2)14-13-9)19(17,18)15-7-4-3-5-11(15)6-8-16/h11,16H,3-8H2,1-2H3,(H,13,14). The second-order valence-corrected chi connectivity index (χ2v) is 6.87. The zero-order chi connectivity index (χ0) is 14.0. The summed E-state index contributed by atoms with van der Waals surface area (Å²) in [5.41, 5.74) is 1.08. The second-order valence-electron chi connectivity index (χ2n) is 5.04. The number of aryl methyl sites for hydroxylation is 2. The molecule has 2 rings (SSSR count). The molecule has 0 aromatic carbocycles. The van der Waals surface area contributed by atoms with Crippen molar-refractivity contribution in [1.82, 2.24) is 14.5 Å². The summed E-state index contributed by atoms with van der Waals surface area (Å²) in [7, 11) is -3.52. The third-order valence-corrected chi connectivity index (χ3v) is 5.88. The van der Waals surface area contributed by atoms with Gasteiger partial charge in [0, 0.05) is 19.2 Å². The van der Waals surface area contributed by atoms with Gasteiger partial charge < -0.3 is 5.11 Å². The van der Waals surface area contributed by atoms with Gasteiger partial charge in [-0.1, -0.05) is 6.42 Å². The molecule has 0 radical (unpaired) electrons. The van der Waals surface area contributed by atoms with E-state index in [-0.39, 0.29) is 17.5 Å². The smallest absolute Gasteiger partial charge is 0.246 e. The van der Waals surface area contributed by atoms with Gasteiger partial charge in [0.2, 0.25) is 10.0 Å². The van der Waals surface area contributed by atoms with E-state index >= 15 is 0 Å². The van der Waals surface area contributed by atoms with Crippen LogP contribution in [0.1, 0.15) is 37.1 Å². The minimum atomic E-state index is -3.52. The van der Waals surface area contributed by atoms with Gasteiger partial charge in [-0.25, -0.2) is 8.42 Å². The number of H-pyrrole nitrogens is 1. The van der Waals surface area contributed by atoms with Gasteiger partial charge in [-0.15, -0.1) is 0 Å². The molecule has 1 aliphatic heterocycles.